The number of aromatic nitrogens is 4. The second-order valence-corrected chi connectivity index (χ2v) is 10.2. The van der Waals surface area contributed by atoms with E-state index in [1.54, 1.807) is 0 Å². The molecule has 5 heterocycles. The topological polar surface area (TPSA) is 83.7 Å². The molecule has 6 heteroatoms. The van der Waals surface area contributed by atoms with Crippen LogP contribution in [0.5, 0.6) is 0 Å². The summed E-state index contributed by atoms with van der Waals surface area (Å²) >= 11 is 0. The van der Waals surface area contributed by atoms with Gasteiger partial charge in [0.15, 0.2) is 0 Å². The minimum atomic E-state index is -0.252. The van der Waals surface area contributed by atoms with Gasteiger partial charge in [0.25, 0.3) is 0 Å². The lowest BCUT2D eigenvalue weighted by Crippen LogP contribution is -2.00. The van der Waals surface area contributed by atoms with E-state index in [0.29, 0.717) is 6.42 Å². The van der Waals surface area contributed by atoms with Gasteiger partial charge in [-0.1, -0.05) is 38.0 Å². The van der Waals surface area contributed by atoms with Gasteiger partial charge in [0.05, 0.1) is 29.9 Å². The summed E-state index contributed by atoms with van der Waals surface area (Å²) in [6, 6.07) is 8.25. The average Bonchev–Trinajstić information content (AvgIpc) is 3.60. The number of rotatable bonds is 6. The molecule has 3 aromatic rings. The predicted octanol–water partition coefficient (Wildman–Crippen LogP) is 8.22. The lowest BCUT2D eigenvalue weighted by atomic mass is 10.00. The van der Waals surface area contributed by atoms with Gasteiger partial charge >= 0.3 is 5.97 Å². The van der Waals surface area contributed by atoms with Crippen molar-refractivity contribution in [3.05, 3.63) is 95.1 Å². The quantitative estimate of drug-likeness (QED) is 0.315. The maximum atomic E-state index is 12.0. The van der Waals surface area contributed by atoms with Crippen LogP contribution in [0.3, 0.4) is 0 Å². The highest BCUT2D eigenvalue weighted by Gasteiger charge is 2.21. The van der Waals surface area contributed by atoms with Crippen molar-refractivity contribution in [1.29, 1.82) is 0 Å². The number of aryl methyl sites for hydroxylation is 2. The van der Waals surface area contributed by atoms with Gasteiger partial charge in [-0.05, 0) is 86.2 Å². The van der Waals surface area contributed by atoms with E-state index in [-0.39, 0.29) is 12.4 Å². The highest BCUT2D eigenvalue weighted by atomic mass is 16.5. The average molecular weight is 531 g/mol. The summed E-state index contributed by atoms with van der Waals surface area (Å²) < 4.78 is 4.92. The first kappa shape index (κ1) is 26.9. The van der Waals surface area contributed by atoms with E-state index < -0.39 is 0 Å². The Morgan fingerprint density at radius 3 is 1.90 bits per heavy atom. The minimum Gasteiger partial charge on any atom is -0.469 e. The number of nitrogens with zero attached hydrogens (tertiary/aromatic N) is 2. The molecule has 6 nitrogen and oxygen atoms in total. The molecule has 0 amide bonds. The van der Waals surface area contributed by atoms with Crippen molar-refractivity contribution in [3.8, 4) is 0 Å². The molecule has 0 saturated carbocycles. The zero-order valence-electron chi connectivity index (χ0n) is 23.8. The summed E-state index contributed by atoms with van der Waals surface area (Å²) in [6.07, 6.45) is 6.39. The van der Waals surface area contributed by atoms with Crippen molar-refractivity contribution < 1.29 is 9.53 Å². The molecule has 0 radical (unpaired) electrons. The smallest absolute Gasteiger partial charge is 0.305 e. The Balaban J connectivity index is 1.94. The van der Waals surface area contributed by atoms with E-state index in [1.807, 2.05) is 38.1 Å². The van der Waals surface area contributed by atoms with Crippen LogP contribution >= 0.6 is 0 Å². The third kappa shape index (κ3) is 4.45. The first-order valence-corrected chi connectivity index (χ1v) is 13.3. The number of methoxy groups -OCH3 is 1. The molecule has 0 aromatic carbocycles. The van der Waals surface area contributed by atoms with Crippen molar-refractivity contribution in [2.24, 2.45) is 0 Å². The second kappa shape index (κ2) is 10.5. The number of ether oxygens (including phenoxy) is 1. The molecule has 2 aliphatic heterocycles. The molecule has 0 spiro atoms. The maximum Gasteiger partial charge on any atom is 0.305 e. The highest BCUT2D eigenvalue weighted by molar-refractivity contribution is 5.98. The number of carbonyl (C=O) groups excluding carboxylic acids is 1. The highest BCUT2D eigenvalue weighted by Crippen LogP contribution is 2.37. The molecule has 0 saturated heterocycles. The van der Waals surface area contributed by atoms with Gasteiger partial charge in [0.2, 0.25) is 0 Å². The normalized spacial score (nSPS) is 13.0. The summed E-state index contributed by atoms with van der Waals surface area (Å²) in [7, 11) is 1.41. The van der Waals surface area contributed by atoms with Gasteiger partial charge in [0, 0.05) is 45.2 Å². The number of esters is 1. The minimum absolute atomic E-state index is 0.252. The Bertz CT molecular complexity index is 1840. The van der Waals surface area contributed by atoms with Gasteiger partial charge in [0.1, 0.15) is 0 Å². The van der Waals surface area contributed by atoms with Crippen LogP contribution in [0, 0.1) is 13.8 Å². The van der Waals surface area contributed by atoms with Gasteiger partial charge in [-0.3, -0.25) is 4.79 Å². The van der Waals surface area contributed by atoms with Crippen LogP contribution in [0.15, 0.2) is 50.1 Å². The third-order valence-corrected chi connectivity index (χ3v) is 7.97. The number of hydrogen-bond acceptors (Lipinski definition) is 4. The maximum absolute atomic E-state index is 12.0. The van der Waals surface area contributed by atoms with Crippen molar-refractivity contribution in [3.63, 3.8) is 0 Å². The predicted molar refractivity (Wildman–Crippen MR) is 167 cm³/mol. The molecule has 3 aromatic heterocycles. The van der Waals surface area contributed by atoms with Gasteiger partial charge in [-0.2, -0.15) is 0 Å². The van der Waals surface area contributed by atoms with Crippen molar-refractivity contribution in [1.82, 2.24) is 19.9 Å². The number of fused-ring (bicyclic) bond motifs is 8. The number of allylic oxidation sites excluding steroid dienone is 5. The number of H-pyrrole nitrogens is 2. The van der Waals surface area contributed by atoms with E-state index in [4.69, 9.17) is 14.7 Å². The lowest BCUT2D eigenvalue weighted by Gasteiger charge is -2.04. The van der Waals surface area contributed by atoms with E-state index >= 15 is 0 Å². The molecule has 2 aliphatic rings. The fourth-order valence-corrected chi connectivity index (χ4v) is 5.54. The molecular weight excluding hydrogens is 496 g/mol. The summed E-state index contributed by atoms with van der Waals surface area (Å²) in [4.78, 5) is 29.3. The Labute approximate surface area is 234 Å². The van der Waals surface area contributed by atoms with Gasteiger partial charge in [-0.15, -0.1) is 0 Å². The Hall–Kier alpha value is -4.71. The summed E-state index contributed by atoms with van der Waals surface area (Å²) in [5, 5.41) is 0. The van der Waals surface area contributed by atoms with Crippen LogP contribution in [-0.4, -0.2) is 33.0 Å². The fraction of sp³-hybridized carbons (Fsp3) is 0.206. The summed E-state index contributed by atoms with van der Waals surface area (Å²) in [5.41, 5.74) is 15.4. The second-order valence-electron chi connectivity index (χ2n) is 10.2. The summed E-state index contributed by atoms with van der Waals surface area (Å²) in [6.45, 7) is 20.5. The van der Waals surface area contributed by atoms with Crippen LogP contribution in [0.2, 0.25) is 0 Å². The first-order valence-electron chi connectivity index (χ1n) is 13.3. The molecule has 202 valence electrons. The third-order valence-electron chi connectivity index (χ3n) is 7.97. The van der Waals surface area contributed by atoms with Crippen molar-refractivity contribution in [2.75, 3.05) is 7.11 Å². The van der Waals surface area contributed by atoms with E-state index in [1.165, 1.54) is 7.11 Å². The molecule has 8 bridgehead atoms. The number of nitrogens with one attached hydrogen (secondary N) is 2. The first-order chi connectivity index (χ1) is 19.2. The zero-order chi connectivity index (χ0) is 28.7. The molecule has 5 rings (SSSR count). The van der Waals surface area contributed by atoms with E-state index in [2.05, 4.69) is 61.8 Å². The monoisotopic (exact) mass is 530 g/mol. The van der Waals surface area contributed by atoms with Crippen LogP contribution in [0.25, 0.3) is 56.5 Å². The molecular formula is C34H34N4O2. The standard InChI is InChI=1S/C34H34N4O2/c1-9-22-18(4)26-15-31-24(11-3)20(6)28(37-31)17-33-25(12-13-34(39)40-8)21(7)29(38-33)16-32-23(10-2)19(5)27(36-32)14-30(22)35-26/h9-11,14-17,35-36H,1-3,12-13H2,4-8H3. The number of hydrogen-bond donors (Lipinski definition) is 2. The number of aromatic amines is 2. The van der Waals surface area contributed by atoms with E-state index in [9.17, 15) is 4.79 Å². The molecule has 2 N–H and O–H groups in total. The Morgan fingerprint density at radius 2 is 1.30 bits per heavy atom. The molecule has 40 heavy (non-hydrogen) atoms. The zero-order valence-corrected chi connectivity index (χ0v) is 23.8. The Morgan fingerprint density at radius 1 is 0.750 bits per heavy atom. The van der Waals surface area contributed by atoms with Crippen LogP contribution in [0.4, 0.5) is 0 Å². The Kier molecular flexibility index (Phi) is 7.03. The molecule has 0 aliphatic carbocycles. The van der Waals surface area contributed by atoms with Crippen molar-refractivity contribution in [2.45, 2.75) is 40.5 Å². The summed E-state index contributed by atoms with van der Waals surface area (Å²) in [5.74, 6) is -0.252. The van der Waals surface area contributed by atoms with Crippen LogP contribution < -0.4 is 0 Å². The number of carbonyl (C=O) groups is 1. The lowest BCUT2D eigenvalue weighted by molar-refractivity contribution is -0.140. The molecule has 0 fully saturated rings. The molecule has 0 atom stereocenters. The van der Waals surface area contributed by atoms with Crippen LogP contribution in [-0.2, 0) is 9.53 Å². The van der Waals surface area contributed by atoms with E-state index in [0.717, 1.165) is 89.4 Å². The SMILES string of the molecule is C=CC1=C(C)c2cc3nc(cc4[nH]c(cc5[nH]c(cc1n2)c(C)c5C=C)c(C)c4C=C)C(C)=C3CCC(=O)OC. The van der Waals surface area contributed by atoms with Crippen LogP contribution in [0.1, 0.15) is 71.7 Å². The van der Waals surface area contributed by atoms with Crippen molar-refractivity contribution >= 4 is 62.5 Å². The largest absolute Gasteiger partial charge is 0.469 e. The molecule has 0 unspecified atom stereocenters. The van der Waals surface area contributed by atoms with Gasteiger partial charge < -0.3 is 14.7 Å². The van der Waals surface area contributed by atoms with Gasteiger partial charge in [-0.25, -0.2) is 9.97 Å². The fourth-order valence-electron chi connectivity index (χ4n) is 5.54.